The van der Waals surface area contributed by atoms with Crippen LogP contribution in [0.5, 0.6) is 0 Å². The standard InChI is InChI=1S/C16H11ClF2O/c1-10(20)15(8-11-2-4-12(17)5-3-11)14-7-6-13(18)9-16(14)19/h2-9H,1H3/b15-8-. The summed E-state index contributed by atoms with van der Waals surface area (Å²) in [6, 6.07) is 9.91. The zero-order chi connectivity index (χ0) is 14.7. The van der Waals surface area contributed by atoms with Crippen LogP contribution in [0.1, 0.15) is 18.1 Å². The molecular formula is C16H11ClF2O. The van der Waals surface area contributed by atoms with Gasteiger partial charge in [-0.1, -0.05) is 23.7 Å². The number of hydrogen-bond acceptors (Lipinski definition) is 1. The van der Waals surface area contributed by atoms with Crippen molar-refractivity contribution in [2.24, 2.45) is 0 Å². The lowest BCUT2D eigenvalue weighted by Gasteiger charge is -2.06. The molecule has 0 amide bonds. The first kappa shape index (κ1) is 14.4. The summed E-state index contributed by atoms with van der Waals surface area (Å²) in [5, 5.41) is 0.569. The Labute approximate surface area is 120 Å². The van der Waals surface area contributed by atoms with Gasteiger partial charge < -0.3 is 0 Å². The molecule has 0 radical (unpaired) electrons. The lowest BCUT2D eigenvalue weighted by atomic mass is 9.99. The normalized spacial score (nSPS) is 11.5. The third-order valence-electron chi connectivity index (χ3n) is 2.78. The van der Waals surface area contributed by atoms with Crippen LogP contribution in [0.4, 0.5) is 8.78 Å². The van der Waals surface area contributed by atoms with Gasteiger partial charge in [-0.2, -0.15) is 0 Å². The van der Waals surface area contributed by atoms with Crippen molar-refractivity contribution in [2.45, 2.75) is 6.92 Å². The van der Waals surface area contributed by atoms with Crippen LogP contribution in [0.2, 0.25) is 5.02 Å². The maximum absolute atomic E-state index is 13.8. The molecule has 2 aromatic carbocycles. The van der Waals surface area contributed by atoms with Crippen molar-refractivity contribution >= 4 is 29.0 Å². The molecule has 0 N–H and O–H groups in total. The first-order valence-corrected chi connectivity index (χ1v) is 6.29. The van der Waals surface area contributed by atoms with Crippen molar-refractivity contribution in [3.05, 3.63) is 70.2 Å². The average Bonchev–Trinajstić information content (AvgIpc) is 2.39. The number of ketones is 1. The number of hydrogen-bond donors (Lipinski definition) is 0. The smallest absolute Gasteiger partial charge is 0.160 e. The minimum atomic E-state index is -0.764. The highest BCUT2D eigenvalue weighted by atomic mass is 35.5. The Morgan fingerprint density at radius 2 is 1.75 bits per heavy atom. The van der Waals surface area contributed by atoms with Crippen LogP contribution in [0, 0.1) is 11.6 Å². The number of carbonyl (C=O) groups is 1. The topological polar surface area (TPSA) is 17.1 Å². The van der Waals surface area contributed by atoms with E-state index in [1.54, 1.807) is 30.3 Å². The summed E-state index contributed by atoms with van der Waals surface area (Å²) in [4.78, 5) is 11.7. The molecule has 0 bridgehead atoms. The monoisotopic (exact) mass is 292 g/mol. The summed E-state index contributed by atoms with van der Waals surface area (Å²) in [5.41, 5.74) is 0.974. The molecule has 0 spiro atoms. The quantitative estimate of drug-likeness (QED) is 0.589. The van der Waals surface area contributed by atoms with E-state index in [2.05, 4.69) is 0 Å². The van der Waals surface area contributed by atoms with E-state index < -0.39 is 11.6 Å². The van der Waals surface area contributed by atoms with Gasteiger partial charge in [0.15, 0.2) is 5.78 Å². The number of carbonyl (C=O) groups excluding carboxylic acids is 1. The molecule has 0 fully saturated rings. The molecular weight excluding hydrogens is 282 g/mol. The first-order valence-electron chi connectivity index (χ1n) is 5.91. The second kappa shape index (κ2) is 5.97. The zero-order valence-corrected chi connectivity index (χ0v) is 11.4. The van der Waals surface area contributed by atoms with E-state index in [1.807, 2.05) is 0 Å². The zero-order valence-electron chi connectivity index (χ0n) is 10.7. The van der Waals surface area contributed by atoms with E-state index in [9.17, 15) is 13.6 Å². The third-order valence-corrected chi connectivity index (χ3v) is 3.03. The summed E-state index contributed by atoms with van der Waals surface area (Å²) in [5.74, 6) is -1.74. The summed E-state index contributed by atoms with van der Waals surface area (Å²) < 4.78 is 26.7. The molecule has 1 nitrogen and oxygen atoms in total. The van der Waals surface area contributed by atoms with Crippen molar-refractivity contribution < 1.29 is 13.6 Å². The van der Waals surface area contributed by atoms with Crippen LogP contribution >= 0.6 is 11.6 Å². The molecule has 0 aliphatic heterocycles. The Balaban J connectivity index is 2.51. The molecule has 0 saturated heterocycles. The Morgan fingerprint density at radius 3 is 2.30 bits per heavy atom. The van der Waals surface area contributed by atoms with Gasteiger partial charge in [0.1, 0.15) is 11.6 Å². The minimum absolute atomic E-state index is 0.0776. The van der Waals surface area contributed by atoms with Crippen molar-refractivity contribution in [3.8, 4) is 0 Å². The van der Waals surface area contributed by atoms with Gasteiger partial charge in [-0.3, -0.25) is 4.79 Å². The maximum atomic E-state index is 13.8. The lowest BCUT2D eigenvalue weighted by molar-refractivity contribution is -0.111. The molecule has 0 saturated carbocycles. The van der Waals surface area contributed by atoms with Crippen LogP contribution in [0.25, 0.3) is 11.6 Å². The Bertz CT molecular complexity index is 675. The fourth-order valence-corrected chi connectivity index (χ4v) is 1.93. The van der Waals surface area contributed by atoms with E-state index >= 15 is 0 Å². The minimum Gasteiger partial charge on any atom is -0.294 e. The highest BCUT2D eigenvalue weighted by Crippen LogP contribution is 2.23. The maximum Gasteiger partial charge on any atom is 0.160 e. The Morgan fingerprint density at radius 1 is 1.10 bits per heavy atom. The average molecular weight is 293 g/mol. The van der Waals surface area contributed by atoms with Crippen molar-refractivity contribution in [3.63, 3.8) is 0 Å². The SMILES string of the molecule is CC(=O)/C(=C/c1ccc(Cl)cc1)c1ccc(F)cc1F. The van der Waals surface area contributed by atoms with Crippen LogP contribution < -0.4 is 0 Å². The predicted octanol–water partition coefficient (Wildman–Crippen LogP) is 4.75. The number of halogens is 3. The number of benzene rings is 2. The van der Waals surface area contributed by atoms with E-state index in [0.717, 1.165) is 12.1 Å². The molecule has 4 heteroatoms. The van der Waals surface area contributed by atoms with Gasteiger partial charge >= 0.3 is 0 Å². The molecule has 2 rings (SSSR count). The highest BCUT2D eigenvalue weighted by molar-refractivity contribution is 6.30. The number of rotatable bonds is 3. The fourth-order valence-electron chi connectivity index (χ4n) is 1.80. The lowest BCUT2D eigenvalue weighted by Crippen LogP contribution is -1.99. The van der Waals surface area contributed by atoms with Gasteiger partial charge in [-0.15, -0.1) is 0 Å². The van der Waals surface area contributed by atoms with E-state index in [-0.39, 0.29) is 16.9 Å². The van der Waals surface area contributed by atoms with E-state index in [0.29, 0.717) is 10.6 Å². The molecule has 20 heavy (non-hydrogen) atoms. The molecule has 0 atom stereocenters. The van der Waals surface area contributed by atoms with E-state index in [4.69, 9.17) is 11.6 Å². The second-order valence-electron chi connectivity index (χ2n) is 4.29. The molecule has 102 valence electrons. The highest BCUT2D eigenvalue weighted by Gasteiger charge is 2.13. The van der Waals surface area contributed by atoms with Gasteiger partial charge in [0, 0.05) is 22.2 Å². The molecule has 0 aromatic heterocycles. The molecule has 0 heterocycles. The fraction of sp³-hybridized carbons (Fsp3) is 0.0625. The van der Waals surface area contributed by atoms with Gasteiger partial charge in [-0.25, -0.2) is 8.78 Å². The van der Waals surface area contributed by atoms with Crippen LogP contribution in [-0.2, 0) is 4.79 Å². The van der Waals surface area contributed by atoms with Crippen LogP contribution in [0.15, 0.2) is 42.5 Å². The van der Waals surface area contributed by atoms with Crippen LogP contribution in [0.3, 0.4) is 0 Å². The Hall–Kier alpha value is -2.00. The second-order valence-corrected chi connectivity index (χ2v) is 4.73. The molecule has 0 aliphatic rings. The van der Waals surface area contributed by atoms with Crippen molar-refractivity contribution in [1.82, 2.24) is 0 Å². The summed E-state index contributed by atoms with van der Waals surface area (Å²) in [7, 11) is 0. The number of allylic oxidation sites excluding steroid dienone is 1. The molecule has 0 unspecified atom stereocenters. The number of Topliss-reactive ketones (excluding diaryl/α,β-unsaturated/α-hetero) is 1. The van der Waals surface area contributed by atoms with E-state index in [1.165, 1.54) is 13.0 Å². The summed E-state index contributed by atoms with van der Waals surface area (Å²) >= 11 is 5.78. The van der Waals surface area contributed by atoms with Gasteiger partial charge in [-0.05, 0) is 42.8 Å². The molecule has 0 aliphatic carbocycles. The Kier molecular flexibility index (Phi) is 4.30. The van der Waals surface area contributed by atoms with Gasteiger partial charge in [0.05, 0.1) is 0 Å². The van der Waals surface area contributed by atoms with Gasteiger partial charge in [0.2, 0.25) is 0 Å². The summed E-state index contributed by atoms with van der Waals surface area (Å²) in [6.07, 6.45) is 1.55. The molecule has 2 aromatic rings. The largest absolute Gasteiger partial charge is 0.294 e. The summed E-state index contributed by atoms with van der Waals surface area (Å²) in [6.45, 7) is 1.34. The van der Waals surface area contributed by atoms with Gasteiger partial charge in [0.25, 0.3) is 0 Å². The third kappa shape index (κ3) is 3.31. The van der Waals surface area contributed by atoms with Crippen LogP contribution in [-0.4, -0.2) is 5.78 Å². The first-order chi connectivity index (χ1) is 9.47. The van der Waals surface area contributed by atoms with Crippen molar-refractivity contribution in [2.75, 3.05) is 0 Å². The van der Waals surface area contributed by atoms with Crippen molar-refractivity contribution in [1.29, 1.82) is 0 Å². The predicted molar refractivity (Wildman–Crippen MR) is 76.4 cm³/mol.